The van der Waals surface area contributed by atoms with Crippen LogP contribution in [-0.2, 0) is 21.1 Å². The molecule has 0 bridgehead atoms. The number of halogens is 2. The molecule has 0 spiro atoms. The quantitative estimate of drug-likeness (QED) is 0.209. The Kier molecular flexibility index (Phi) is 19.3. The van der Waals surface area contributed by atoms with Crippen LogP contribution in [-0.4, -0.2) is 5.71 Å². The molecule has 0 aliphatic heterocycles. The topological polar surface area (TPSA) is 22.3 Å². The molecule has 0 fully saturated rings. The summed E-state index contributed by atoms with van der Waals surface area (Å²) < 4.78 is 0. The van der Waals surface area contributed by atoms with E-state index >= 15 is 0 Å². The van der Waals surface area contributed by atoms with Gasteiger partial charge in [-0.3, -0.25) is 0 Å². The number of benzene rings is 2. The molecule has 1 aliphatic carbocycles. The van der Waals surface area contributed by atoms with Gasteiger partial charge in [0, 0.05) is 17.5 Å². The Labute approximate surface area is 305 Å². The summed E-state index contributed by atoms with van der Waals surface area (Å²) in [5.41, 5.74) is 12.8. The molecule has 1 aliphatic rings. The van der Waals surface area contributed by atoms with Crippen LogP contribution < -0.4 is 24.8 Å². The molecule has 0 amide bonds. The first-order valence-corrected chi connectivity index (χ1v) is 16.2. The van der Waals surface area contributed by atoms with Crippen molar-refractivity contribution in [3.63, 3.8) is 0 Å². The molecule has 0 saturated carbocycles. The molecule has 2 aromatic carbocycles. The van der Waals surface area contributed by atoms with Crippen LogP contribution in [0.5, 0.6) is 0 Å². The third-order valence-corrected chi connectivity index (χ3v) is 7.84. The molecular formula is C41H59Cl2MoN. The van der Waals surface area contributed by atoms with Gasteiger partial charge in [-0.1, -0.05) is 128 Å². The fraction of sp³-hybridized carbons (Fsp3) is 0.537. The Morgan fingerprint density at radius 1 is 0.533 bits per heavy atom. The molecule has 1 nitrogen and oxygen atoms in total. The van der Waals surface area contributed by atoms with Gasteiger partial charge in [0.2, 0.25) is 0 Å². The van der Waals surface area contributed by atoms with Crippen molar-refractivity contribution in [2.75, 3.05) is 0 Å². The molecule has 45 heavy (non-hydrogen) atoms. The minimum Gasteiger partial charge on any atom is -1.00 e. The van der Waals surface area contributed by atoms with Crippen LogP contribution in [0.25, 0.3) is 16.6 Å². The SMILES string of the molecule is CC(C)c1cc(C(C)C)c(C2=C[CH+]C=C(c3c(C(C)C)cc(C(C)C)cc3C(C)C)C2=[N-])c(C(C)C)c1.[CH]C(C)(C)C.[Cl-].[Cl-].[Mo+2]. The van der Waals surface area contributed by atoms with E-state index in [9.17, 15) is 5.41 Å². The van der Waals surface area contributed by atoms with Gasteiger partial charge in [0.25, 0.3) is 0 Å². The summed E-state index contributed by atoms with van der Waals surface area (Å²) in [6.07, 6.45) is 6.38. The van der Waals surface area contributed by atoms with Crippen molar-refractivity contribution in [3.05, 3.63) is 99.7 Å². The van der Waals surface area contributed by atoms with Crippen LogP contribution in [0.3, 0.4) is 0 Å². The predicted molar refractivity (Wildman–Crippen MR) is 190 cm³/mol. The van der Waals surface area contributed by atoms with E-state index in [0.717, 1.165) is 11.1 Å². The van der Waals surface area contributed by atoms with Crippen molar-refractivity contribution in [1.82, 2.24) is 0 Å². The Hall–Kier alpha value is -1.27. The summed E-state index contributed by atoms with van der Waals surface area (Å²) in [6.45, 7) is 38.5. The maximum Gasteiger partial charge on any atom is 2.00 e. The second kappa shape index (κ2) is 18.9. The minimum atomic E-state index is 0. The second-order valence-corrected chi connectivity index (χ2v) is 15.1. The van der Waals surface area contributed by atoms with Gasteiger partial charge in [-0.05, 0) is 86.9 Å². The number of rotatable bonds is 8. The maximum absolute atomic E-state index is 12.1. The summed E-state index contributed by atoms with van der Waals surface area (Å²) in [7, 11) is 0. The van der Waals surface area contributed by atoms with Gasteiger partial charge in [-0.2, -0.15) is 0 Å². The van der Waals surface area contributed by atoms with Crippen molar-refractivity contribution in [3.8, 4) is 0 Å². The number of hydrogen-bond acceptors (Lipinski definition) is 0. The molecule has 4 heteroatoms. The fourth-order valence-corrected chi connectivity index (χ4v) is 5.48. The smallest absolute Gasteiger partial charge is 1.00 e. The Balaban J connectivity index is 0. The average Bonchev–Trinajstić information content (AvgIpc) is 2.86. The van der Waals surface area contributed by atoms with Gasteiger partial charge in [-0.15, -0.1) is 0 Å². The Bertz CT molecular complexity index is 1160. The van der Waals surface area contributed by atoms with Gasteiger partial charge < -0.3 is 30.2 Å². The van der Waals surface area contributed by atoms with E-state index in [1.807, 2.05) is 20.8 Å². The van der Waals surface area contributed by atoms with Crippen LogP contribution in [0.2, 0.25) is 0 Å². The zero-order chi connectivity index (χ0) is 32.3. The molecule has 3 rings (SSSR count). The van der Waals surface area contributed by atoms with E-state index in [1.54, 1.807) is 0 Å². The second-order valence-electron chi connectivity index (χ2n) is 15.1. The van der Waals surface area contributed by atoms with E-state index in [0.29, 0.717) is 41.2 Å². The van der Waals surface area contributed by atoms with Crippen LogP contribution in [0.1, 0.15) is 184 Å². The molecule has 0 aromatic heterocycles. The number of allylic oxidation sites excluding steroid dienone is 4. The third-order valence-electron chi connectivity index (χ3n) is 7.84. The fourth-order valence-electron chi connectivity index (χ4n) is 5.48. The molecule has 2 radical (unpaired) electrons. The normalized spacial score (nSPS) is 13.2. The summed E-state index contributed by atoms with van der Waals surface area (Å²) >= 11 is 0. The van der Waals surface area contributed by atoms with Gasteiger partial charge in [0.05, 0.1) is 23.3 Å². The molecule has 0 saturated heterocycles. The summed E-state index contributed by atoms with van der Waals surface area (Å²) in [5, 5.41) is 12.1. The van der Waals surface area contributed by atoms with Crippen LogP contribution >= 0.6 is 0 Å². The van der Waals surface area contributed by atoms with E-state index in [2.05, 4.69) is 126 Å². The van der Waals surface area contributed by atoms with Gasteiger partial charge in [0.1, 0.15) is 0 Å². The Morgan fingerprint density at radius 3 is 0.933 bits per heavy atom. The van der Waals surface area contributed by atoms with Gasteiger partial charge in [0.15, 0.2) is 0 Å². The van der Waals surface area contributed by atoms with E-state index in [1.165, 1.54) is 44.5 Å². The molecule has 248 valence electrons. The predicted octanol–water partition coefficient (Wildman–Crippen LogP) is 6.87. The zero-order valence-corrected chi connectivity index (χ0v) is 34.2. The standard InChI is InChI=1S/C36H49N.C5H10.2ClH.Mo/c1-20(2)26-16-30(22(5)6)34(31(17-26)23(7)8)28-14-13-15-29(36(28)37)35-32(24(9)10)18-27(21(3)4)19-33(35)25(11)12;1-5(2,3)4;;;/h13-25H,1-12H3;1H,2-4H3;2*1H;/q;;;;+2/p-2. The van der Waals surface area contributed by atoms with Crippen LogP contribution in [0, 0.1) is 18.8 Å². The van der Waals surface area contributed by atoms with Crippen molar-refractivity contribution >= 4 is 16.9 Å². The van der Waals surface area contributed by atoms with Gasteiger partial charge >= 0.3 is 21.1 Å². The maximum atomic E-state index is 12.1. The number of nitrogens with zero attached hydrogens (tertiary/aromatic N) is 1. The minimum absolute atomic E-state index is 0. The van der Waals surface area contributed by atoms with Crippen molar-refractivity contribution < 1.29 is 45.9 Å². The first-order chi connectivity index (χ1) is 19.3. The molecule has 0 N–H and O–H groups in total. The van der Waals surface area contributed by atoms with Crippen LogP contribution in [0.4, 0.5) is 0 Å². The Morgan fingerprint density at radius 2 is 0.756 bits per heavy atom. The monoisotopic (exact) mass is 733 g/mol. The van der Waals surface area contributed by atoms with E-state index in [4.69, 9.17) is 6.92 Å². The molecule has 2 aromatic rings. The van der Waals surface area contributed by atoms with Crippen LogP contribution in [0.15, 0.2) is 36.4 Å². The third kappa shape index (κ3) is 12.0. The molecule has 0 atom stereocenters. The first kappa shape index (κ1) is 45.8. The molecular weight excluding hydrogens is 673 g/mol. The zero-order valence-electron chi connectivity index (χ0n) is 30.7. The average molecular weight is 733 g/mol. The van der Waals surface area contributed by atoms with E-state index < -0.39 is 0 Å². The van der Waals surface area contributed by atoms with Crippen molar-refractivity contribution in [2.24, 2.45) is 5.41 Å². The van der Waals surface area contributed by atoms with Crippen molar-refractivity contribution in [1.29, 1.82) is 0 Å². The molecule has 0 heterocycles. The summed E-state index contributed by atoms with van der Waals surface area (Å²) in [4.78, 5) is 0. The van der Waals surface area contributed by atoms with Crippen molar-refractivity contribution in [2.45, 2.75) is 139 Å². The van der Waals surface area contributed by atoms with E-state index in [-0.39, 0.29) is 51.3 Å². The van der Waals surface area contributed by atoms with Gasteiger partial charge in [-0.25, -0.2) is 0 Å². The first-order valence-electron chi connectivity index (χ1n) is 16.2. The molecule has 0 unspecified atom stereocenters. The largest absolute Gasteiger partial charge is 2.00 e. The number of hydrogen-bond donors (Lipinski definition) is 0. The summed E-state index contributed by atoms with van der Waals surface area (Å²) in [6, 6.07) is 9.50. The summed E-state index contributed by atoms with van der Waals surface area (Å²) in [5.74, 6) is 2.36.